The first kappa shape index (κ1) is 19.4. The lowest BCUT2D eigenvalue weighted by Gasteiger charge is -2.24. The van der Waals surface area contributed by atoms with E-state index in [9.17, 15) is 13.2 Å². The van der Waals surface area contributed by atoms with Gasteiger partial charge in [-0.3, -0.25) is 9.69 Å². The van der Waals surface area contributed by atoms with Crippen LogP contribution in [0.5, 0.6) is 0 Å². The molecule has 0 spiro atoms. The molecule has 8 heteroatoms. The molecule has 25 heavy (non-hydrogen) atoms. The number of hydrogen-bond donors (Lipinski definition) is 2. The summed E-state index contributed by atoms with van der Waals surface area (Å²) in [6.45, 7) is 2.36. The first-order chi connectivity index (χ1) is 11.7. The Kier molecular flexibility index (Phi) is 6.18. The third-order valence-corrected chi connectivity index (χ3v) is 4.98. The van der Waals surface area contributed by atoms with Crippen LogP contribution < -0.4 is 10.5 Å². The highest BCUT2D eigenvalue weighted by Gasteiger charge is 2.18. The van der Waals surface area contributed by atoms with Gasteiger partial charge in [0.05, 0.1) is 10.9 Å². The van der Waals surface area contributed by atoms with E-state index in [2.05, 4.69) is 5.32 Å². The Morgan fingerprint density at radius 3 is 2.44 bits per heavy atom. The number of nitrogens with one attached hydrogen (secondary N) is 1. The van der Waals surface area contributed by atoms with E-state index in [1.165, 1.54) is 24.3 Å². The molecule has 2 aromatic carbocycles. The summed E-state index contributed by atoms with van der Waals surface area (Å²) in [5.41, 5.74) is 1.51. The summed E-state index contributed by atoms with van der Waals surface area (Å²) in [5.74, 6) is -0.201. The SMILES string of the molecule is CC(C(=O)Nc1ccc(S(N)(=O)=O)cc1)N(C)Cc1cccc(Cl)c1. The van der Waals surface area contributed by atoms with Crippen LogP contribution >= 0.6 is 11.6 Å². The number of hydrogen-bond acceptors (Lipinski definition) is 4. The Hall–Kier alpha value is -1.93. The minimum absolute atomic E-state index is 0.00313. The van der Waals surface area contributed by atoms with Crippen molar-refractivity contribution in [1.82, 2.24) is 4.90 Å². The van der Waals surface area contributed by atoms with Gasteiger partial charge in [-0.1, -0.05) is 23.7 Å². The average Bonchev–Trinajstić information content (AvgIpc) is 2.53. The number of nitrogens with two attached hydrogens (primary N) is 1. The number of carbonyl (C=O) groups is 1. The zero-order chi connectivity index (χ0) is 18.6. The highest BCUT2D eigenvalue weighted by atomic mass is 35.5. The van der Waals surface area contributed by atoms with Gasteiger partial charge in [0.25, 0.3) is 0 Å². The van der Waals surface area contributed by atoms with Crippen molar-refractivity contribution in [3.63, 3.8) is 0 Å². The third kappa shape index (κ3) is 5.54. The highest BCUT2D eigenvalue weighted by Crippen LogP contribution is 2.15. The van der Waals surface area contributed by atoms with Crippen molar-refractivity contribution in [1.29, 1.82) is 0 Å². The predicted molar refractivity (Wildman–Crippen MR) is 98.8 cm³/mol. The third-order valence-electron chi connectivity index (χ3n) is 3.81. The molecule has 1 amide bonds. The molecule has 1 unspecified atom stereocenters. The largest absolute Gasteiger partial charge is 0.325 e. The minimum atomic E-state index is -3.75. The molecule has 0 aliphatic carbocycles. The molecular formula is C17H20ClN3O3S. The maximum absolute atomic E-state index is 12.4. The average molecular weight is 382 g/mol. The molecule has 0 aromatic heterocycles. The van der Waals surface area contributed by atoms with Gasteiger partial charge in [-0.25, -0.2) is 13.6 Å². The minimum Gasteiger partial charge on any atom is -0.325 e. The Morgan fingerprint density at radius 1 is 1.24 bits per heavy atom. The Balaban J connectivity index is 1.99. The normalized spacial score (nSPS) is 12.8. The van der Waals surface area contributed by atoms with Crippen LogP contribution in [0.4, 0.5) is 5.69 Å². The van der Waals surface area contributed by atoms with Crippen LogP contribution in [0.1, 0.15) is 12.5 Å². The molecule has 3 N–H and O–H groups in total. The van der Waals surface area contributed by atoms with Crippen LogP contribution in [0.15, 0.2) is 53.4 Å². The summed E-state index contributed by atoms with van der Waals surface area (Å²) in [6, 6.07) is 12.8. The fourth-order valence-electron chi connectivity index (χ4n) is 2.24. The molecule has 0 radical (unpaired) electrons. The fraction of sp³-hybridized carbons (Fsp3) is 0.235. The van der Waals surface area contributed by atoms with Gasteiger partial charge in [0.15, 0.2) is 0 Å². The summed E-state index contributed by atoms with van der Waals surface area (Å²) in [4.78, 5) is 14.3. The topological polar surface area (TPSA) is 92.5 Å². The van der Waals surface area contributed by atoms with Crippen LogP contribution in [0.25, 0.3) is 0 Å². The van der Waals surface area contributed by atoms with Crippen molar-refractivity contribution in [2.24, 2.45) is 5.14 Å². The molecule has 0 aliphatic rings. The number of likely N-dealkylation sites (N-methyl/N-ethyl adjacent to an activating group) is 1. The molecule has 0 aliphatic heterocycles. The molecule has 2 aromatic rings. The monoisotopic (exact) mass is 381 g/mol. The van der Waals surface area contributed by atoms with Crippen molar-refractivity contribution in [3.05, 3.63) is 59.1 Å². The number of amides is 1. The van der Waals surface area contributed by atoms with E-state index in [1.807, 2.05) is 30.1 Å². The molecule has 1 atom stereocenters. The van der Waals surface area contributed by atoms with E-state index in [4.69, 9.17) is 16.7 Å². The van der Waals surface area contributed by atoms with Gasteiger partial charge in [0.1, 0.15) is 0 Å². The molecule has 0 fully saturated rings. The number of sulfonamides is 1. The number of nitrogens with zero attached hydrogens (tertiary/aromatic N) is 1. The molecular weight excluding hydrogens is 362 g/mol. The lowest BCUT2D eigenvalue weighted by molar-refractivity contribution is -0.120. The second-order valence-corrected chi connectivity index (χ2v) is 7.78. The zero-order valence-electron chi connectivity index (χ0n) is 13.9. The van der Waals surface area contributed by atoms with E-state index >= 15 is 0 Å². The van der Waals surface area contributed by atoms with E-state index < -0.39 is 16.1 Å². The number of anilines is 1. The standard InChI is InChI=1S/C17H20ClN3O3S/c1-12(21(2)11-13-4-3-5-14(18)10-13)17(22)20-15-6-8-16(9-7-15)25(19,23)24/h3-10,12H,11H2,1-2H3,(H,20,22)(H2,19,23,24). The van der Waals surface area contributed by atoms with E-state index in [-0.39, 0.29) is 10.8 Å². The van der Waals surface area contributed by atoms with E-state index in [0.717, 1.165) is 5.56 Å². The van der Waals surface area contributed by atoms with Crippen LogP contribution in [0.2, 0.25) is 5.02 Å². The van der Waals surface area contributed by atoms with E-state index in [0.29, 0.717) is 17.3 Å². The maximum Gasteiger partial charge on any atom is 0.241 e. The first-order valence-electron chi connectivity index (χ1n) is 7.55. The van der Waals surface area contributed by atoms with Crippen LogP contribution in [0.3, 0.4) is 0 Å². The van der Waals surface area contributed by atoms with Gasteiger partial charge >= 0.3 is 0 Å². The summed E-state index contributed by atoms with van der Waals surface area (Å²) < 4.78 is 22.5. The predicted octanol–water partition coefficient (Wildman–Crippen LogP) is 2.45. The Morgan fingerprint density at radius 2 is 1.88 bits per heavy atom. The molecule has 134 valence electrons. The number of primary sulfonamides is 1. The molecule has 0 saturated heterocycles. The number of benzene rings is 2. The lowest BCUT2D eigenvalue weighted by atomic mass is 10.2. The van der Waals surface area contributed by atoms with Gasteiger partial charge in [0, 0.05) is 17.3 Å². The number of rotatable bonds is 6. The van der Waals surface area contributed by atoms with Gasteiger partial charge in [-0.05, 0) is 55.9 Å². The summed E-state index contributed by atoms with van der Waals surface area (Å²) >= 11 is 5.97. The summed E-state index contributed by atoms with van der Waals surface area (Å²) in [7, 11) is -1.91. The number of halogens is 1. The van der Waals surface area contributed by atoms with Crippen LogP contribution in [-0.4, -0.2) is 32.3 Å². The van der Waals surface area contributed by atoms with Gasteiger partial charge < -0.3 is 5.32 Å². The molecule has 6 nitrogen and oxygen atoms in total. The lowest BCUT2D eigenvalue weighted by Crippen LogP contribution is -2.39. The number of carbonyl (C=O) groups excluding carboxylic acids is 1. The van der Waals surface area contributed by atoms with Crippen molar-refractivity contribution < 1.29 is 13.2 Å². The Labute approximate surface area is 152 Å². The van der Waals surface area contributed by atoms with Gasteiger partial charge in [-0.15, -0.1) is 0 Å². The van der Waals surface area contributed by atoms with Crippen LogP contribution in [-0.2, 0) is 21.4 Å². The van der Waals surface area contributed by atoms with Crippen molar-refractivity contribution >= 4 is 33.2 Å². The van der Waals surface area contributed by atoms with Crippen molar-refractivity contribution in [2.75, 3.05) is 12.4 Å². The molecule has 0 bridgehead atoms. The molecule has 0 heterocycles. The smallest absolute Gasteiger partial charge is 0.241 e. The highest BCUT2D eigenvalue weighted by molar-refractivity contribution is 7.89. The van der Waals surface area contributed by atoms with Crippen molar-refractivity contribution in [3.8, 4) is 0 Å². The first-order valence-corrected chi connectivity index (χ1v) is 9.47. The Bertz CT molecular complexity index is 854. The second kappa shape index (κ2) is 7.97. The van der Waals surface area contributed by atoms with Gasteiger partial charge in [0.2, 0.25) is 15.9 Å². The quantitative estimate of drug-likeness (QED) is 0.803. The fourth-order valence-corrected chi connectivity index (χ4v) is 2.96. The van der Waals surface area contributed by atoms with Crippen molar-refractivity contribution in [2.45, 2.75) is 24.4 Å². The summed E-state index contributed by atoms with van der Waals surface area (Å²) in [6.07, 6.45) is 0. The van der Waals surface area contributed by atoms with E-state index in [1.54, 1.807) is 13.0 Å². The van der Waals surface area contributed by atoms with Gasteiger partial charge in [-0.2, -0.15) is 0 Å². The zero-order valence-corrected chi connectivity index (χ0v) is 15.5. The maximum atomic E-state index is 12.4. The molecule has 0 saturated carbocycles. The summed E-state index contributed by atoms with van der Waals surface area (Å²) in [5, 5.41) is 8.46. The molecule has 2 rings (SSSR count). The second-order valence-electron chi connectivity index (χ2n) is 5.78. The van der Waals surface area contributed by atoms with Crippen LogP contribution in [0, 0.1) is 0 Å².